The summed E-state index contributed by atoms with van der Waals surface area (Å²) in [4.78, 5) is 72.6. The topological polar surface area (TPSA) is 202 Å². The molecule has 1 fully saturated rings. The van der Waals surface area contributed by atoms with Crippen LogP contribution in [0, 0.1) is 0 Å². The zero-order valence-corrected chi connectivity index (χ0v) is 26.1. The number of carbonyl (C=O) groups excluding carboxylic acids is 5. The van der Waals surface area contributed by atoms with Crippen molar-refractivity contribution >= 4 is 35.9 Å². The van der Waals surface area contributed by atoms with E-state index >= 15 is 0 Å². The van der Waals surface area contributed by atoms with E-state index in [1.54, 1.807) is 0 Å². The molecule has 2 amide bonds. The van der Waals surface area contributed by atoms with Crippen LogP contribution in [-0.2, 0) is 52.4 Å². The van der Waals surface area contributed by atoms with Crippen LogP contribution >= 0.6 is 0 Å². The van der Waals surface area contributed by atoms with Gasteiger partial charge in [0, 0.05) is 33.6 Å². The molecule has 1 heterocycles. The van der Waals surface area contributed by atoms with Crippen LogP contribution in [0.15, 0.2) is 48.5 Å². The van der Waals surface area contributed by atoms with Crippen LogP contribution in [0.1, 0.15) is 44.7 Å². The fourth-order valence-corrected chi connectivity index (χ4v) is 5.58. The molecule has 4 unspecified atom stereocenters. The molecule has 2 aliphatic rings. The molecule has 15 heteroatoms. The van der Waals surface area contributed by atoms with Crippen molar-refractivity contribution in [3.63, 3.8) is 0 Å². The van der Waals surface area contributed by atoms with E-state index in [2.05, 4.69) is 10.6 Å². The molecule has 1 saturated heterocycles. The third kappa shape index (κ3) is 8.83. The van der Waals surface area contributed by atoms with Crippen molar-refractivity contribution in [1.29, 1.82) is 0 Å². The second-order valence-corrected chi connectivity index (χ2v) is 10.9. The molecule has 15 nitrogen and oxygen atoms in total. The third-order valence-electron chi connectivity index (χ3n) is 7.43. The van der Waals surface area contributed by atoms with Gasteiger partial charge in [0.15, 0.2) is 24.5 Å². The van der Waals surface area contributed by atoms with E-state index < -0.39 is 85.8 Å². The standard InChI is InChI=1S/C32H36N2O13/c1-16(35)33-27-29(46-19(4)38)28(45-18(3)37)26(15-42-17(2)36)47-31(27)43-14-25(30(39)40)34-32(41)44-13-24-22-11-7-5-9-20(22)21-10-6-8-12-23(21)24/h5-12,24-29,31H,13-15H2,1-4H3,(H,33,35)(H,34,41)(H,39,40)/t25-,26?,27?,28?,29-,31?/m0/s1. The maximum atomic E-state index is 12.8. The SMILES string of the molecule is CC(=O)NC1C(OC[C@H](NC(=O)OCC2c3ccccc3-c3ccccc32)C(=O)O)OC(COC(C)=O)C(OC(C)=O)[C@H]1OC(C)=O. The number of rotatable bonds is 12. The number of alkyl carbamates (subject to hydrolysis) is 1. The van der Waals surface area contributed by atoms with Gasteiger partial charge in [-0.25, -0.2) is 9.59 Å². The summed E-state index contributed by atoms with van der Waals surface area (Å²) >= 11 is 0. The first-order valence-electron chi connectivity index (χ1n) is 14.7. The van der Waals surface area contributed by atoms with Gasteiger partial charge < -0.3 is 44.2 Å². The van der Waals surface area contributed by atoms with Gasteiger partial charge >= 0.3 is 30.0 Å². The van der Waals surface area contributed by atoms with Gasteiger partial charge in [0.05, 0.1) is 6.61 Å². The summed E-state index contributed by atoms with van der Waals surface area (Å²) in [7, 11) is 0. The molecule has 2 aromatic rings. The monoisotopic (exact) mass is 656 g/mol. The summed E-state index contributed by atoms with van der Waals surface area (Å²) in [6, 6.07) is 12.5. The highest BCUT2D eigenvalue weighted by Crippen LogP contribution is 2.44. The van der Waals surface area contributed by atoms with Crippen LogP contribution in [0.3, 0.4) is 0 Å². The van der Waals surface area contributed by atoms with Gasteiger partial charge in [-0.15, -0.1) is 0 Å². The summed E-state index contributed by atoms with van der Waals surface area (Å²) in [6.07, 6.45) is -6.58. The van der Waals surface area contributed by atoms with E-state index in [1.165, 1.54) is 0 Å². The Labute approximate surface area is 269 Å². The van der Waals surface area contributed by atoms with E-state index in [1.807, 2.05) is 48.5 Å². The molecule has 0 bridgehead atoms. The molecule has 0 radical (unpaired) electrons. The second-order valence-electron chi connectivity index (χ2n) is 10.9. The van der Waals surface area contributed by atoms with Crippen molar-refractivity contribution in [2.75, 3.05) is 19.8 Å². The van der Waals surface area contributed by atoms with Crippen LogP contribution in [0.2, 0.25) is 0 Å². The summed E-state index contributed by atoms with van der Waals surface area (Å²) in [6.45, 7) is 3.23. The number of amides is 2. The van der Waals surface area contributed by atoms with Crippen LogP contribution in [-0.4, -0.2) is 97.5 Å². The van der Waals surface area contributed by atoms with Gasteiger partial charge in [0.1, 0.15) is 25.4 Å². The van der Waals surface area contributed by atoms with Crippen molar-refractivity contribution < 1.29 is 62.3 Å². The van der Waals surface area contributed by atoms with E-state index in [4.69, 9.17) is 28.4 Å². The fraction of sp³-hybridized carbons (Fsp3) is 0.438. The smallest absolute Gasteiger partial charge is 0.407 e. The zero-order valence-electron chi connectivity index (χ0n) is 26.1. The summed E-state index contributed by atoms with van der Waals surface area (Å²) < 4.78 is 32.8. The lowest BCUT2D eigenvalue weighted by Crippen LogP contribution is -2.67. The molecule has 6 atom stereocenters. The quantitative estimate of drug-likeness (QED) is 0.220. The normalized spacial score (nSPS) is 22.1. The Bertz CT molecular complexity index is 1470. The van der Waals surface area contributed by atoms with Crippen molar-refractivity contribution in [3.05, 3.63) is 59.7 Å². The highest BCUT2D eigenvalue weighted by Gasteiger charge is 2.51. The Kier molecular flexibility index (Phi) is 11.5. The number of hydrogen-bond donors (Lipinski definition) is 3. The van der Waals surface area contributed by atoms with Gasteiger partial charge in [-0.05, 0) is 22.3 Å². The molecule has 1 aliphatic carbocycles. The highest BCUT2D eigenvalue weighted by molar-refractivity contribution is 5.81. The Hall–Kier alpha value is -5.02. The largest absolute Gasteiger partial charge is 0.480 e. The number of carbonyl (C=O) groups is 6. The van der Waals surface area contributed by atoms with Crippen molar-refractivity contribution in [3.8, 4) is 11.1 Å². The van der Waals surface area contributed by atoms with Crippen LogP contribution in [0.5, 0.6) is 0 Å². The van der Waals surface area contributed by atoms with Gasteiger partial charge in [-0.3, -0.25) is 19.2 Å². The van der Waals surface area contributed by atoms with E-state index in [-0.39, 0.29) is 12.5 Å². The van der Waals surface area contributed by atoms with Crippen molar-refractivity contribution in [1.82, 2.24) is 10.6 Å². The summed E-state index contributed by atoms with van der Waals surface area (Å²) in [5, 5.41) is 14.6. The molecule has 2 aromatic carbocycles. The van der Waals surface area contributed by atoms with Gasteiger partial charge in [-0.2, -0.15) is 0 Å². The number of hydrogen-bond acceptors (Lipinski definition) is 12. The number of nitrogens with one attached hydrogen (secondary N) is 2. The fourth-order valence-electron chi connectivity index (χ4n) is 5.58. The maximum absolute atomic E-state index is 12.8. The minimum Gasteiger partial charge on any atom is -0.480 e. The van der Waals surface area contributed by atoms with E-state index in [0.29, 0.717) is 0 Å². The van der Waals surface area contributed by atoms with Gasteiger partial charge in [-0.1, -0.05) is 48.5 Å². The first-order valence-corrected chi connectivity index (χ1v) is 14.7. The Morgan fingerprint density at radius 3 is 1.89 bits per heavy atom. The van der Waals surface area contributed by atoms with E-state index in [9.17, 15) is 33.9 Å². The second kappa shape index (κ2) is 15.5. The average molecular weight is 657 g/mol. The molecule has 1 aliphatic heterocycles. The van der Waals surface area contributed by atoms with Crippen molar-refractivity contribution in [2.45, 2.75) is 70.3 Å². The van der Waals surface area contributed by atoms with Crippen LogP contribution < -0.4 is 10.6 Å². The summed E-state index contributed by atoms with van der Waals surface area (Å²) in [5.41, 5.74) is 3.97. The highest BCUT2D eigenvalue weighted by atomic mass is 16.7. The molecule has 0 spiro atoms. The number of carboxylic acids is 1. The van der Waals surface area contributed by atoms with Crippen LogP contribution in [0.4, 0.5) is 4.79 Å². The Morgan fingerprint density at radius 2 is 1.36 bits per heavy atom. The Balaban J connectivity index is 1.48. The lowest BCUT2D eigenvalue weighted by Gasteiger charge is -2.45. The van der Waals surface area contributed by atoms with Gasteiger partial charge in [0.2, 0.25) is 5.91 Å². The molecular formula is C32H36N2O13. The maximum Gasteiger partial charge on any atom is 0.407 e. The molecule has 0 aromatic heterocycles. The lowest BCUT2D eigenvalue weighted by atomic mass is 9.96. The minimum absolute atomic E-state index is 0.0666. The summed E-state index contributed by atoms with van der Waals surface area (Å²) in [5.74, 6) is -4.65. The number of aliphatic carboxylic acids is 1. The molecule has 252 valence electrons. The number of esters is 3. The molecule has 0 saturated carbocycles. The first-order chi connectivity index (χ1) is 22.3. The van der Waals surface area contributed by atoms with Gasteiger partial charge in [0.25, 0.3) is 0 Å². The van der Waals surface area contributed by atoms with E-state index in [0.717, 1.165) is 49.9 Å². The Morgan fingerprint density at radius 1 is 0.787 bits per heavy atom. The zero-order chi connectivity index (χ0) is 34.2. The molecule has 3 N–H and O–H groups in total. The third-order valence-corrected chi connectivity index (χ3v) is 7.43. The first kappa shape index (κ1) is 34.8. The predicted molar refractivity (Wildman–Crippen MR) is 160 cm³/mol. The van der Waals surface area contributed by atoms with Crippen LogP contribution in [0.25, 0.3) is 11.1 Å². The molecular weight excluding hydrogens is 620 g/mol. The number of ether oxygens (including phenoxy) is 6. The predicted octanol–water partition coefficient (Wildman–Crippen LogP) is 1.65. The minimum atomic E-state index is -1.66. The number of fused-ring (bicyclic) bond motifs is 3. The lowest BCUT2D eigenvalue weighted by molar-refractivity contribution is -0.278. The average Bonchev–Trinajstić information content (AvgIpc) is 3.32. The number of carboxylic acid groups (broad SMARTS) is 1. The number of benzene rings is 2. The molecule has 47 heavy (non-hydrogen) atoms. The van der Waals surface area contributed by atoms with Crippen molar-refractivity contribution in [2.24, 2.45) is 0 Å². The molecule has 4 rings (SSSR count).